The summed E-state index contributed by atoms with van der Waals surface area (Å²) in [5.41, 5.74) is 1.67. The van der Waals surface area contributed by atoms with Gasteiger partial charge in [-0.05, 0) is 44.1 Å². The molecule has 3 unspecified atom stereocenters. The van der Waals surface area contributed by atoms with Gasteiger partial charge in [-0.3, -0.25) is 0 Å². The molecule has 0 saturated heterocycles. The molecule has 1 aliphatic carbocycles. The average molecular weight is 246 g/mol. The summed E-state index contributed by atoms with van der Waals surface area (Å²) in [6, 6.07) is 8.38. The summed E-state index contributed by atoms with van der Waals surface area (Å²) in [6.45, 7) is 6.36. The van der Waals surface area contributed by atoms with E-state index in [0.29, 0.717) is 5.92 Å². The van der Waals surface area contributed by atoms with Crippen LogP contribution in [0.2, 0.25) is 0 Å². The Bertz CT molecular complexity index is 377. The lowest BCUT2D eigenvalue weighted by molar-refractivity contribution is -0.0312. The minimum absolute atomic E-state index is 0.416. The van der Waals surface area contributed by atoms with Crippen LogP contribution in [0.1, 0.15) is 57.1 Å². The quantitative estimate of drug-likeness (QED) is 0.837. The number of rotatable bonds is 3. The minimum atomic E-state index is -0.665. The molecule has 3 atom stereocenters. The zero-order valence-corrected chi connectivity index (χ0v) is 11.9. The third kappa shape index (κ3) is 2.77. The van der Waals surface area contributed by atoms with Crippen LogP contribution in [-0.2, 0) is 5.60 Å². The highest BCUT2D eigenvalue weighted by molar-refractivity contribution is 5.26. The summed E-state index contributed by atoms with van der Waals surface area (Å²) in [5.74, 6) is 1.22. The number of aryl methyl sites for hydroxylation is 1. The largest absolute Gasteiger partial charge is 0.385 e. The summed E-state index contributed by atoms with van der Waals surface area (Å²) in [4.78, 5) is 0. The van der Waals surface area contributed by atoms with Crippen LogP contribution in [0.5, 0.6) is 0 Å². The maximum Gasteiger partial charge on any atom is 0.0896 e. The van der Waals surface area contributed by atoms with Crippen molar-refractivity contribution in [2.75, 3.05) is 0 Å². The molecule has 1 heteroatoms. The predicted molar refractivity (Wildman–Crippen MR) is 76.5 cm³/mol. The fraction of sp³-hybridized carbons (Fsp3) is 0.647. The molecule has 18 heavy (non-hydrogen) atoms. The van der Waals surface area contributed by atoms with Crippen LogP contribution in [0.3, 0.4) is 0 Å². The van der Waals surface area contributed by atoms with Crippen LogP contribution in [0.25, 0.3) is 0 Å². The van der Waals surface area contributed by atoms with Gasteiger partial charge in [0, 0.05) is 0 Å². The van der Waals surface area contributed by atoms with Crippen molar-refractivity contribution in [2.24, 2.45) is 11.8 Å². The van der Waals surface area contributed by atoms with Crippen LogP contribution in [-0.4, -0.2) is 5.11 Å². The second kappa shape index (κ2) is 5.44. The van der Waals surface area contributed by atoms with Crippen molar-refractivity contribution in [2.45, 2.75) is 58.5 Å². The average Bonchev–Trinajstić information content (AvgIpc) is 2.39. The van der Waals surface area contributed by atoms with Gasteiger partial charge in [-0.1, -0.05) is 56.0 Å². The van der Waals surface area contributed by atoms with E-state index in [2.05, 4.69) is 38.1 Å². The molecule has 1 aromatic carbocycles. The molecule has 0 aromatic heterocycles. The van der Waals surface area contributed by atoms with Crippen molar-refractivity contribution in [3.05, 3.63) is 35.4 Å². The summed E-state index contributed by atoms with van der Waals surface area (Å²) in [5, 5.41) is 10.9. The molecule has 100 valence electrons. The van der Waals surface area contributed by atoms with Crippen LogP contribution < -0.4 is 0 Å². The summed E-state index contributed by atoms with van der Waals surface area (Å²) >= 11 is 0. The Labute approximate surface area is 111 Å². The highest BCUT2D eigenvalue weighted by Crippen LogP contribution is 2.41. The first-order valence-electron chi connectivity index (χ1n) is 7.33. The molecule has 2 rings (SSSR count). The van der Waals surface area contributed by atoms with Gasteiger partial charge in [0.25, 0.3) is 0 Å². The summed E-state index contributed by atoms with van der Waals surface area (Å²) < 4.78 is 0. The van der Waals surface area contributed by atoms with Crippen molar-refractivity contribution < 1.29 is 5.11 Å². The first-order valence-corrected chi connectivity index (χ1v) is 7.33. The van der Waals surface area contributed by atoms with Crippen molar-refractivity contribution >= 4 is 0 Å². The van der Waals surface area contributed by atoms with E-state index in [9.17, 15) is 5.11 Å². The molecule has 1 nitrogen and oxygen atoms in total. The van der Waals surface area contributed by atoms with Gasteiger partial charge in [0.15, 0.2) is 0 Å². The molecule has 1 aromatic rings. The van der Waals surface area contributed by atoms with Crippen molar-refractivity contribution in [3.63, 3.8) is 0 Å². The summed E-state index contributed by atoms with van der Waals surface area (Å²) in [6.07, 6.45) is 6.21. The molecule has 0 spiro atoms. The normalized spacial score (nSPS) is 27.8. The number of hydrogen-bond acceptors (Lipinski definition) is 1. The Morgan fingerprint density at radius 2 is 1.89 bits per heavy atom. The van der Waals surface area contributed by atoms with Crippen LogP contribution in [0.4, 0.5) is 0 Å². The number of aliphatic hydroxyl groups is 1. The van der Waals surface area contributed by atoms with Gasteiger partial charge in [0.1, 0.15) is 0 Å². The first-order chi connectivity index (χ1) is 8.54. The topological polar surface area (TPSA) is 20.2 Å². The maximum atomic E-state index is 10.9. The van der Waals surface area contributed by atoms with Gasteiger partial charge in [-0.2, -0.15) is 0 Å². The molecular formula is C17H26O. The van der Waals surface area contributed by atoms with Crippen molar-refractivity contribution in [1.29, 1.82) is 0 Å². The zero-order valence-electron chi connectivity index (χ0n) is 11.9. The molecular weight excluding hydrogens is 220 g/mol. The fourth-order valence-corrected chi connectivity index (χ4v) is 3.30. The van der Waals surface area contributed by atoms with E-state index in [4.69, 9.17) is 0 Å². The second-order valence-corrected chi connectivity index (χ2v) is 6.15. The molecule has 0 radical (unpaired) electrons. The number of hydrogen-bond donors (Lipinski definition) is 1. The highest BCUT2D eigenvalue weighted by Gasteiger charge is 2.36. The highest BCUT2D eigenvalue weighted by atomic mass is 16.3. The molecule has 1 aliphatic rings. The molecule has 1 fully saturated rings. The smallest absolute Gasteiger partial charge is 0.0896 e. The van der Waals surface area contributed by atoms with Gasteiger partial charge in [-0.15, -0.1) is 0 Å². The monoisotopic (exact) mass is 246 g/mol. The molecule has 1 saturated carbocycles. The van der Waals surface area contributed by atoms with Crippen molar-refractivity contribution in [1.82, 2.24) is 0 Å². The molecule has 0 aliphatic heterocycles. The Balaban J connectivity index is 2.16. The standard InChI is InChI=1S/C17H26O/c1-4-14-6-5-7-16(12-14)17(3,18)15-10-8-13(2)9-11-15/h8-11,14,16,18H,4-7,12H2,1-3H3. The Hall–Kier alpha value is -0.820. The third-order valence-electron chi connectivity index (χ3n) is 4.79. The van der Waals surface area contributed by atoms with E-state index in [1.807, 2.05) is 6.92 Å². The van der Waals surface area contributed by atoms with E-state index in [-0.39, 0.29) is 0 Å². The fourth-order valence-electron chi connectivity index (χ4n) is 3.30. The van der Waals surface area contributed by atoms with Crippen LogP contribution in [0.15, 0.2) is 24.3 Å². The van der Waals surface area contributed by atoms with Gasteiger partial charge in [-0.25, -0.2) is 0 Å². The van der Waals surface area contributed by atoms with Crippen molar-refractivity contribution in [3.8, 4) is 0 Å². The van der Waals surface area contributed by atoms with E-state index >= 15 is 0 Å². The Morgan fingerprint density at radius 3 is 2.50 bits per heavy atom. The van der Waals surface area contributed by atoms with Gasteiger partial charge >= 0.3 is 0 Å². The third-order valence-corrected chi connectivity index (χ3v) is 4.79. The van der Waals surface area contributed by atoms with E-state index in [1.54, 1.807) is 0 Å². The summed E-state index contributed by atoms with van der Waals surface area (Å²) in [7, 11) is 0. The lowest BCUT2D eigenvalue weighted by Crippen LogP contribution is -2.35. The van der Waals surface area contributed by atoms with Gasteiger partial charge in [0.05, 0.1) is 5.60 Å². The predicted octanol–water partition coefficient (Wildman–Crippen LogP) is 4.42. The molecule has 1 N–H and O–H groups in total. The molecule has 0 heterocycles. The Morgan fingerprint density at radius 1 is 1.22 bits per heavy atom. The first kappa shape index (κ1) is 13.6. The van der Waals surface area contributed by atoms with E-state index in [0.717, 1.165) is 17.9 Å². The minimum Gasteiger partial charge on any atom is -0.385 e. The lowest BCUT2D eigenvalue weighted by Gasteiger charge is -2.39. The lowest BCUT2D eigenvalue weighted by atomic mass is 9.70. The molecule has 0 amide bonds. The SMILES string of the molecule is CCC1CCCC(C(C)(O)c2ccc(C)cc2)C1. The zero-order chi connectivity index (χ0) is 13.2. The van der Waals surface area contributed by atoms with Crippen LogP contribution in [0, 0.1) is 18.8 Å². The van der Waals surface area contributed by atoms with Gasteiger partial charge < -0.3 is 5.11 Å². The van der Waals surface area contributed by atoms with E-state index in [1.165, 1.54) is 31.2 Å². The van der Waals surface area contributed by atoms with E-state index < -0.39 is 5.60 Å². The Kier molecular flexibility index (Phi) is 4.11. The van der Waals surface area contributed by atoms with Gasteiger partial charge in [0.2, 0.25) is 0 Å². The second-order valence-electron chi connectivity index (χ2n) is 6.15. The molecule has 0 bridgehead atoms. The number of benzene rings is 1. The van der Waals surface area contributed by atoms with Crippen LogP contribution >= 0.6 is 0 Å². The maximum absolute atomic E-state index is 10.9.